The van der Waals surface area contributed by atoms with Gasteiger partial charge in [0.15, 0.2) is 6.10 Å². The maximum absolute atomic E-state index is 12.5. The number of nitrogens with two attached hydrogens (primary N) is 1. The number of methoxy groups -OCH3 is 1. The lowest BCUT2D eigenvalue weighted by molar-refractivity contribution is 0.0315. The van der Waals surface area contributed by atoms with Gasteiger partial charge in [0, 0.05) is 5.56 Å². The Bertz CT molecular complexity index is 951. The zero-order chi connectivity index (χ0) is 20.2. The van der Waals surface area contributed by atoms with Gasteiger partial charge in [-0.15, -0.1) is 0 Å². The number of hydrogen-bond donors (Lipinski definition) is 1. The van der Waals surface area contributed by atoms with Gasteiger partial charge in [0.1, 0.15) is 11.3 Å². The van der Waals surface area contributed by atoms with Crippen molar-refractivity contribution in [2.75, 3.05) is 7.11 Å². The van der Waals surface area contributed by atoms with E-state index in [1.807, 2.05) is 19.1 Å². The van der Waals surface area contributed by atoms with Crippen molar-refractivity contribution in [3.8, 4) is 5.75 Å². The van der Waals surface area contributed by atoms with Crippen molar-refractivity contribution >= 4 is 21.8 Å². The van der Waals surface area contributed by atoms with Crippen molar-refractivity contribution in [2.24, 2.45) is 5.14 Å². The standard InChI is InChI=1S/C19H21NO6S/c1-4-13-5-7-14(8-6-13)18(21)12(2)26-19(22)16-11-15(27(20,23)24)9-10-17(16)25-3/h5-12H,4H2,1-3H3,(H2,20,23,24)/t12-/m0/s1. The average molecular weight is 391 g/mol. The number of hydrogen-bond acceptors (Lipinski definition) is 6. The van der Waals surface area contributed by atoms with Crippen LogP contribution in [0.1, 0.15) is 40.1 Å². The van der Waals surface area contributed by atoms with Crippen LogP contribution >= 0.6 is 0 Å². The van der Waals surface area contributed by atoms with Gasteiger partial charge in [-0.3, -0.25) is 4.79 Å². The molecule has 0 saturated carbocycles. The van der Waals surface area contributed by atoms with Crippen LogP contribution in [0.2, 0.25) is 0 Å². The fraction of sp³-hybridized carbons (Fsp3) is 0.263. The molecule has 0 fully saturated rings. The molecule has 2 N–H and O–H groups in total. The van der Waals surface area contributed by atoms with Crippen molar-refractivity contribution in [1.29, 1.82) is 0 Å². The molecule has 0 bridgehead atoms. The molecular formula is C19H21NO6S. The van der Waals surface area contributed by atoms with E-state index in [9.17, 15) is 18.0 Å². The minimum absolute atomic E-state index is 0.111. The quantitative estimate of drug-likeness (QED) is 0.572. The number of ketones is 1. The summed E-state index contributed by atoms with van der Waals surface area (Å²) in [4.78, 5) is 24.7. The smallest absolute Gasteiger partial charge is 0.342 e. The number of primary sulfonamides is 1. The molecular weight excluding hydrogens is 370 g/mol. The Kier molecular flexibility index (Phi) is 6.35. The van der Waals surface area contributed by atoms with E-state index in [1.165, 1.54) is 26.2 Å². The molecule has 0 aliphatic rings. The summed E-state index contributed by atoms with van der Waals surface area (Å²) in [5, 5.41) is 5.09. The van der Waals surface area contributed by atoms with Crippen LogP contribution in [-0.2, 0) is 21.2 Å². The van der Waals surface area contributed by atoms with Gasteiger partial charge in [0.05, 0.1) is 12.0 Å². The average Bonchev–Trinajstić information content (AvgIpc) is 2.66. The largest absolute Gasteiger partial charge is 0.496 e. The second kappa shape index (κ2) is 8.32. The highest BCUT2D eigenvalue weighted by Gasteiger charge is 2.24. The predicted octanol–water partition coefficient (Wildman–Crippen LogP) is 2.33. The maximum Gasteiger partial charge on any atom is 0.342 e. The molecule has 0 spiro atoms. The molecule has 2 rings (SSSR count). The lowest BCUT2D eigenvalue weighted by atomic mass is 10.0. The zero-order valence-electron chi connectivity index (χ0n) is 15.3. The summed E-state index contributed by atoms with van der Waals surface area (Å²) in [5.41, 5.74) is 1.36. The van der Waals surface area contributed by atoms with Crippen LogP contribution in [0.3, 0.4) is 0 Å². The molecule has 144 valence electrons. The van der Waals surface area contributed by atoms with Gasteiger partial charge in [-0.25, -0.2) is 18.4 Å². The van der Waals surface area contributed by atoms with Crippen LogP contribution in [0.4, 0.5) is 0 Å². The van der Waals surface area contributed by atoms with Crippen LogP contribution in [0.5, 0.6) is 5.75 Å². The van der Waals surface area contributed by atoms with E-state index in [1.54, 1.807) is 12.1 Å². The van der Waals surface area contributed by atoms with Gasteiger partial charge in [-0.2, -0.15) is 0 Å². The third-order valence-electron chi connectivity index (χ3n) is 4.02. The summed E-state index contributed by atoms with van der Waals surface area (Å²) in [7, 11) is -2.68. The van der Waals surface area contributed by atoms with E-state index < -0.39 is 22.1 Å². The lowest BCUT2D eigenvalue weighted by Gasteiger charge is -2.14. The van der Waals surface area contributed by atoms with Crippen molar-refractivity contribution in [3.63, 3.8) is 0 Å². The summed E-state index contributed by atoms with van der Waals surface area (Å²) in [5.74, 6) is -1.14. The maximum atomic E-state index is 12.5. The van der Waals surface area contributed by atoms with E-state index >= 15 is 0 Å². The highest BCUT2D eigenvalue weighted by molar-refractivity contribution is 7.89. The Morgan fingerprint density at radius 3 is 2.26 bits per heavy atom. The molecule has 0 unspecified atom stereocenters. The van der Waals surface area contributed by atoms with Crippen LogP contribution in [0.25, 0.3) is 0 Å². The second-order valence-electron chi connectivity index (χ2n) is 5.87. The van der Waals surface area contributed by atoms with Crippen LogP contribution < -0.4 is 9.88 Å². The predicted molar refractivity (Wildman–Crippen MR) is 99.4 cm³/mol. The van der Waals surface area contributed by atoms with Gasteiger partial charge >= 0.3 is 5.97 Å². The summed E-state index contributed by atoms with van der Waals surface area (Å²) in [6.07, 6.45) is -0.216. The van der Waals surface area contributed by atoms with Crippen LogP contribution in [-0.4, -0.2) is 33.4 Å². The number of aryl methyl sites for hydroxylation is 1. The molecule has 2 aromatic carbocycles. The number of esters is 1. The Labute approximate surface area is 158 Å². The third-order valence-corrected chi connectivity index (χ3v) is 4.93. The molecule has 0 heterocycles. The molecule has 8 heteroatoms. The molecule has 0 aromatic heterocycles. The SMILES string of the molecule is CCc1ccc(C(=O)[C@H](C)OC(=O)c2cc(S(N)(=O)=O)ccc2OC)cc1. The normalized spacial score (nSPS) is 12.3. The fourth-order valence-electron chi connectivity index (χ4n) is 2.44. The van der Waals surface area contributed by atoms with Crippen molar-refractivity contribution in [3.05, 3.63) is 59.2 Å². The second-order valence-corrected chi connectivity index (χ2v) is 7.43. The highest BCUT2D eigenvalue weighted by Crippen LogP contribution is 2.23. The van der Waals surface area contributed by atoms with E-state index in [2.05, 4.69) is 0 Å². The van der Waals surface area contributed by atoms with Gasteiger partial charge in [0.2, 0.25) is 15.8 Å². The van der Waals surface area contributed by atoms with Gasteiger partial charge in [-0.1, -0.05) is 31.2 Å². The van der Waals surface area contributed by atoms with E-state index in [0.29, 0.717) is 5.56 Å². The number of rotatable bonds is 7. The lowest BCUT2D eigenvalue weighted by Crippen LogP contribution is -2.25. The number of Topliss-reactive ketones (excluding diaryl/α,β-unsaturated/α-hetero) is 1. The minimum Gasteiger partial charge on any atom is -0.496 e. The number of benzene rings is 2. The Morgan fingerprint density at radius 1 is 1.11 bits per heavy atom. The molecule has 0 saturated heterocycles. The minimum atomic E-state index is -4.01. The monoisotopic (exact) mass is 391 g/mol. The van der Waals surface area contributed by atoms with E-state index in [4.69, 9.17) is 14.6 Å². The van der Waals surface area contributed by atoms with Crippen molar-refractivity contribution < 1.29 is 27.5 Å². The molecule has 0 amide bonds. The molecule has 0 radical (unpaired) electrons. The summed E-state index contributed by atoms with van der Waals surface area (Å²) < 4.78 is 33.3. The molecule has 7 nitrogen and oxygen atoms in total. The van der Waals surface area contributed by atoms with Crippen molar-refractivity contribution in [2.45, 2.75) is 31.3 Å². The molecule has 1 atom stereocenters. The molecule has 0 aliphatic carbocycles. The topological polar surface area (TPSA) is 113 Å². The Hall–Kier alpha value is -2.71. The number of carbonyl (C=O) groups is 2. The molecule has 0 aliphatic heterocycles. The van der Waals surface area contributed by atoms with Gasteiger partial charge in [0.25, 0.3) is 0 Å². The van der Waals surface area contributed by atoms with Gasteiger partial charge in [-0.05, 0) is 37.1 Å². The van der Waals surface area contributed by atoms with E-state index in [-0.39, 0.29) is 22.0 Å². The van der Waals surface area contributed by atoms with Crippen LogP contribution in [0.15, 0.2) is 47.4 Å². The number of carbonyl (C=O) groups excluding carboxylic acids is 2. The number of ether oxygens (including phenoxy) is 2. The first kappa shape index (κ1) is 20.6. The highest BCUT2D eigenvalue weighted by atomic mass is 32.2. The number of sulfonamides is 1. The Morgan fingerprint density at radius 2 is 1.74 bits per heavy atom. The molecule has 27 heavy (non-hydrogen) atoms. The Balaban J connectivity index is 2.23. The first-order chi connectivity index (χ1) is 12.7. The molecule has 2 aromatic rings. The summed E-state index contributed by atoms with van der Waals surface area (Å²) in [6, 6.07) is 10.6. The fourth-order valence-corrected chi connectivity index (χ4v) is 2.98. The van der Waals surface area contributed by atoms with Crippen molar-refractivity contribution in [1.82, 2.24) is 0 Å². The third kappa shape index (κ3) is 4.93. The van der Waals surface area contributed by atoms with Gasteiger partial charge < -0.3 is 9.47 Å². The summed E-state index contributed by atoms with van der Waals surface area (Å²) >= 11 is 0. The first-order valence-corrected chi connectivity index (χ1v) is 9.77. The zero-order valence-corrected chi connectivity index (χ0v) is 16.1. The van der Waals surface area contributed by atoms with E-state index in [0.717, 1.165) is 18.1 Å². The summed E-state index contributed by atoms with van der Waals surface area (Å²) in [6.45, 7) is 3.45. The van der Waals surface area contributed by atoms with Crippen LogP contribution in [0, 0.1) is 0 Å². The first-order valence-electron chi connectivity index (χ1n) is 8.22.